The highest BCUT2D eigenvalue weighted by atomic mass is 35.5. The summed E-state index contributed by atoms with van der Waals surface area (Å²) in [6, 6.07) is 5.28. The Bertz CT molecular complexity index is 616. The molecule has 6 heteroatoms. The number of nitrogens with one attached hydrogen (secondary N) is 2. The Morgan fingerprint density at radius 1 is 1.22 bits per heavy atom. The fourth-order valence-corrected chi connectivity index (χ4v) is 3.37. The molecule has 1 aromatic rings. The van der Waals surface area contributed by atoms with Gasteiger partial charge in [-0.3, -0.25) is 9.59 Å². The van der Waals surface area contributed by atoms with E-state index in [0.717, 1.165) is 32.1 Å². The number of rotatable bonds is 5. The monoisotopic (exact) mass is 335 g/mol. The summed E-state index contributed by atoms with van der Waals surface area (Å²) in [5.74, 6) is 0.00229. The lowest BCUT2D eigenvalue weighted by Crippen LogP contribution is -2.30. The number of nitrogens with two attached hydrogens (primary N) is 1. The van der Waals surface area contributed by atoms with E-state index in [4.69, 9.17) is 17.3 Å². The minimum absolute atomic E-state index is 0.0196. The third kappa shape index (κ3) is 3.85. The Morgan fingerprint density at radius 3 is 2.70 bits per heavy atom. The molecule has 2 amide bonds. The molecule has 2 fully saturated rings. The van der Waals surface area contributed by atoms with Gasteiger partial charge in [-0.2, -0.15) is 0 Å². The molecule has 23 heavy (non-hydrogen) atoms. The molecule has 0 aromatic heterocycles. The van der Waals surface area contributed by atoms with Crippen molar-refractivity contribution in [3.63, 3.8) is 0 Å². The van der Waals surface area contributed by atoms with Gasteiger partial charge in [-0.05, 0) is 56.3 Å². The molecule has 4 N–H and O–H groups in total. The molecule has 3 rings (SSSR count). The predicted octanol–water partition coefficient (Wildman–Crippen LogP) is 2.55. The van der Waals surface area contributed by atoms with Crippen molar-refractivity contribution < 1.29 is 9.59 Å². The van der Waals surface area contributed by atoms with Crippen LogP contribution in [0.2, 0.25) is 5.02 Å². The van der Waals surface area contributed by atoms with Crippen molar-refractivity contribution in [3.8, 4) is 0 Å². The van der Waals surface area contributed by atoms with Gasteiger partial charge in [0.25, 0.3) is 5.91 Å². The highest BCUT2D eigenvalue weighted by molar-refractivity contribution is 6.34. The second-order valence-electron chi connectivity index (χ2n) is 6.46. The van der Waals surface area contributed by atoms with Crippen molar-refractivity contribution in [2.24, 2.45) is 17.6 Å². The summed E-state index contributed by atoms with van der Waals surface area (Å²) >= 11 is 6.11. The number of anilines is 1. The first kappa shape index (κ1) is 16.3. The van der Waals surface area contributed by atoms with Crippen molar-refractivity contribution in [1.82, 2.24) is 5.32 Å². The topological polar surface area (TPSA) is 84.2 Å². The smallest absolute Gasteiger partial charge is 0.253 e. The van der Waals surface area contributed by atoms with Crippen LogP contribution in [0, 0.1) is 11.8 Å². The molecule has 0 spiro atoms. The third-order valence-electron chi connectivity index (χ3n) is 4.69. The van der Waals surface area contributed by atoms with Crippen LogP contribution in [-0.4, -0.2) is 24.4 Å². The van der Waals surface area contributed by atoms with E-state index in [2.05, 4.69) is 10.6 Å². The lowest BCUT2D eigenvalue weighted by atomic mass is 9.95. The highest BCUT2D eigenvalue weighted by Crippen LogP contribution is 2.32. The van der Waals surface area contributed by atoms with Crippen LogP contribution in [0.5, 0.6) is 0 Å². The number of hydrogen-bond donors (Lipinski definition) is 3. The Balaban J connectivity index is 1.70. The molecule has 2 aliphatic rings. The van der Waals surface area contributed by atoms with Gasteiger partial charge in [-0.1, -0.05) is 18.0 Å². The second-order valence-corrected chi connectivity index (χ2v) is 6.87. The normalized spacial score (nSPS) is 23.6. The van der Waals surface area contributed by atoms with E-state index in [1.807, 2.05) is 0 Å². The molecule has 5 nitrogen and oxygen atoms in total. The molecule has 2 saturated carbocycles. The molecule has 2 aliphatic carbocycles. The van der Waals surface area contributed by atoms with Gasteiger partial charge >= 0.3 is 0 Å². The van der Waals surface area contributed by atoms with Crippen LogP contribution in [0.4, 0.5) is 5.69 Å². The molecule has 0 heterocycles. The third-order valence-corrected chi connectivity index (χ3v) is 5.02. The van der Waals surface area contributed by atoms with Gasteiger partial charge in [0, 0.05) is 17.6 Å². The van der Waals surface area contributed by atoms with E-state index in [9.17, 15) is 9.59 Å². The van der Waals surface area contributed by atoms with Gasteiger partial charge in [-0.25, -0.2) is 0 Å². The lowest BCUT2D eigenvalue weighted by molar-refractivity contribution is -0.120. The molecular weight excluding hydrogens is 314 g/mol. The van der Waals surface area contributed by atoms with E-state index in [0.29, 0.717) is 22.8 Å². The Kier molecular flexibility index (Phi) is 4.87. The molecule has 0 aliphatic heterocycles. The van der Waals surface area contributed by atoms with Gasteiger partial charge in [0.05, 0.1) is 10.6 Å². The van der Waals surface area contributed by atoms with E-state index in [1.165, 1.54) is 0 Å². The number of carbonyl (C=O) groups is 2. The summed E-state index contributed by atoms with van der Waals surface area (Å²) in [6.07, 6.45) is 4.94. The zero-order chi connectivity index (χ0) is 16.4. The van der Waals surface area contributed by atoms with E-state index >= 15 is 0 Å². The van der Waals surface area contributed by atoms with Crippen LogP contribution in [0.1, 0.15) is 42.5 Å². The average Bonchev–Trinajstić information content (AvgIpc) is 3.21. The predicted molar refractivity (Wildman–Crippen MR) is 90.5 cm³/mol. The first-order chi connectivity index (χ1) is 11.1. The van der Waals surface area contributed by atoms with Crippen LogP contribution in [-0.2, 0) is 4.79 Å². The van der Waals surface area contributed by atoms with Gasteiger partial charge < -0.3 is 16.4 Å². The van der Waals surface area contributed by atoms with Crippen LogP contribution in [0.3, 0.4) is 0 Å². The largest absolute Gasteiger partial charge is 0.349 e. The van der Waals surface area contributed by atoms with Crippen molar-refractivity contribution in [3.05, 3.63) is 28.8 Å². The van der Waals surface area contributed by atoms with Gasteiger partial charge in [0.2, 0.25) is 5.91 Å². The SMILES string of the molecule is NC[C@H]1CCC[C@H]1C(=O)Nc1ccc(Cl)c(C(=O)NC2CC2)c1. The first-order valence-corrected chi connectivity index (χ1v) is 8.57. The molecular formula is C17H22ClN3O2. The standard InChI is InChI=1S/C17H22ClN3O2/c18-15-7-6-12(8-14(15)17(23)20-11-4-5-11)21-16(22)13-3-1-2-10(13)9-19/h6-8,10-11,13H,1-5,9,19H2,(H,20,23)(H,21,22)/t10-,13-/m1/s1. The number of benzene rings is 1. The van der Waals surface area contributed by atoms with Crippen molar-refractivity contribution in [2.75, 3.05) is 11.9 Å². The number of carbonyl (C=O) groups excluding carboxylic acids is 2. The summed E-state index contributed by atoms with van der Waals surface area (Å²) < 4.78 is 0. The van der Waals surface area contributed by atoms with E-state index in [1.54, 1.807) is 18.2 Å². The highest BCUT2D eigenvalue weighted by Gasteiger charge is 2.32. The summed E-state index contributed by atoms with van der Waals surface area (Å²) in [5, 5.41) is 6.21. The fraction of sp³-hybridized carbons (Fsp3) is 0.529. The van der Waals surface area contributed by atoms with Gasteiger partial charge in [-0.15, -0.1) is 0 Å². The van der Waals surface area contributed by atoms with Crippen molar-refractivity contribution in [1.29, 1.82) is 0 Å². The Labute approximate surface area is 141 Å². The fourth-order valence-electron chi connectivity index (χ4n) is 3.17. The maximum Gasteiger partial charge on any atom is 0.253 e. The minimum atomic E-state index is -0.186. The molecule has 124 valence electrons. The van der Waals surface area contributed by atoms with Crippen LogP contribution in [0.15, 0.2) is 18.2 Å². The number of amides is 2. The maximum absolute atomic E-state index is 12.4. The summed E-state index contributed by atoms with van der Waals surface area (Å²) in [4.78, 5) is 24.6. The van der Waals surface area contributed by atoms with Crippen molar-refractivity contribution in [2.45, 2.75) is 38.1 Å². The second kappa shape index (κ2) is 6.89. The summed E-state index contributed by atoms with van der Waals surface area (Å²) in [7, 11) is 0. The lowest BCUT2D eigenvalue weighted by Gasteiger charge is -2.18. The van der Waals surface area contributed by atoms with E-state index < -0.39 is 0 Å². The summed E-state index contributed by atoms with van der Waals surface area (Å²) in [6.45, 7) is 0.535. The Hall–Kier alpha value is -1.59. The molecule has 1 aromatic carbocycles. The van der Waals surface area contributed by atoms with Gasteiger partial charge in [0.1, 0.15) is 0 Å². The zero-order valence-corrected chi connectivity index (χ0v) is 13.7. The maximum atomic E-state index is 12.4. The molecule has 0 saturated heterocycles. The van der Waals surface area contributed by atoms with Crippen LogP contribution < -0.4 is 16.4 Å². The number of halogens is 1. The first-order valence-electron chi connectivity index (χ1n) is 8.20. The van der Waals surface area contributed by atoms with Crippen LogP contribution >= 0.6 is 11.6 Å². The van der Waals surface area contributed by atoms with Crippen LogP contribution in [0.25, 0.3) is 0 Å². The van der Waals surface area contributed by atoms with Crippen molar-refractivity contribution >= 4 is 29.1 Å². The van der Waals surface area contributed by atoms with E-state index in [-0.39, 0.29) is 29.7 Å². The average molecular weight is 336 g/mol. The zero-order valence-electron chi connectivity index (χ0n) is 13.0. The summed E-state index contributed by atoms with van der Waals surface area (Å²) in [5.41, 5.74) is 6.74. The van der Waals surface area contributed by atoms with Gasteiger partial charge in [0.15, 0.2) is 0 Å². The molecule has 2 atom stereocenters. The molecule has 0 radical (unpaired) electrons. The quantitative estimate of drug-likeness (QED) is 0.773. The molecule has 0 bridgehead atoms. The Morgan fingerprint density at radius 2 is 2.00 bits per heavy atom. The number of hydrogen-bond acceptors (Lipinski definition) is 3. The molecule has 0 unspecified atom stereocenters. The minimum Gasteiger partial charge on any atom is -0.349 e.